The van der Waals surface area contributed by atoms with E-state index >= 15 is 0 Å². The van der Waals surface area contributed by atoms with E-state index in [9.17, 15) is 18.0 Å². The molecule has 0 aliphatic rings. The third-order valence-corrected chi connectivity index (χ3v) is 2.95. The van der Waals surface area contributed by atoms with Crippen molar-refractivity contribution in [2.24, 2.45) is 0 Å². The summed E-state index contributed by atoms with van der Waals surface area (Å²) in [6.45, 7) is 0.576. The minimum atomic E-state index is -4.43. The number of halogens is 3. The van der Waals surface area contributed by atoms with Crippen molar-refractivity contribution in [1.29, 1.82) is 0 Å². The van der Waals surface area contributed by atoms with Gasteiger partial charge in [-0.3, -0.25) is 4.79 Å². The minimum absolute atomic E-state index is 0.125. The predicted octanol–water partition coefficient (Wildman–Crippen LogP) is 2.93. The van der Waals surface area contributed by atoms with Crippen LogP contribution in [0.4, 0.5) is 18.9 Å². The van der Waals surface area contributed by atoms with Crippen LogP contribution >= 0.6 is 0 Å². The Balaban J connectivity index is 1.77. The highest BCUT2D eigenvalue weighted by molar-refractivity contribution is 5.90. The molecule has 0 saturated carbocycles. The van der Waals surface area contributed by atoms with Crippen molar-refractivity contribution in [3.05, 3.63) is 30.0 Å². The first kappa shape index (κ1) is 18.7. The van der Waals surface area contributed by atoms with Gasteiger partial charge in [-0.2, -0.15) is 18.2 Å². The van der Waals surface area contributed by atoms with Crippen LogP contribution in [0.15, 0.2) is 22.9 Å². The predicted molar refractivity (Wildman–Crippen MR) is 81.0 cm³/mol. The molecule has 0 fully saturated rings. The number of pyridine rings is 1. The quantitative estimate of drug-likeness (QED) is 0.780. The fraction of sp³-hybridized carbons (Fsp3) is 0.467. The van der Waals surface area contributed by atoms with E-state index in [1.54, 1.807) is 0 Å². The zero-order chi connectivity index (χ0) is 18.3. The van der Waals surface area contributed by atoms with Crippen molar-refractivity contribution in [1.82, 2.24) is 15.1 Å². The lowest BCUT2D eigenvalue weighted by Gasteiger charge is -2.09. The first-order valence-electron chi connectivity index (χ1n) is 7.62. The Kier molecular flexibility index (Phi) is 6.31. The maximum atomic E-state index is 12.0. The topological polar surface area (TPSA) is 90.1 Å². The number of hydrogen-bond acceptors (Lipinski definition) is 6. The maximum absolute atomic E-state index is 12.0. The van der Waals surface area contributed by atoms with Crippen LogP contribution in [0.3, 0.4) is 0 Å². The fourth-order valence-electron chi connectivity index (χ4n) is 1.86. The number of aromatic nitrogens is 3. The van der Waals surface area contributed by atoms with Gasteiger partial charge in [-0.05, 0) is 12.5 Å². The van der Waals surface area contributed by atoms with E-state index in [0.717, 1.165) is 6.42 Å². The Morgan fingerprint density at radius 2 is 2.12 bits per heavy atom. The number of nitrogens with one attached hydrogen (secondary N) is 1. The Labute approximate surface area is 141 Å². The number of ether oxygens (including phenoxy) is 1. The fourth-order valence-corrected chi connectivity index (χ4v) is 1.86. The molecule has 7 nitrogen and oxygen atoms in total. The summed E-state index contributed by atoms with van der Waals surface area (Å²) in [7, 11) is 0. The molecule has 0 aliphatic heterocycles. The normalized spacial score (nSPS) is 11.4. The summed E-state index contributed by atoms with van der Waals surface area (Å²) in [6.07, 6.45) is -1.18. The summed E-state index contributed by atoms with van der Waals surface area (Å²) in [4.78, 5) is 19.7. The first-order chi connectivity index (χ1) is 11.9. The molecule has 136 valence electrons. The SMILES string of the molecule is CCCc1noc(CCC(=O)Nc2ccc(OCC(F)(F)F)nc2)n1. The van der Waals surface area contributed by atoms with E-state index in [-0.39, 0.29) is 18.2 Å². The average Bonchev–Trinajstić information content (AvgIpc) is 3.00. The molecule has 2 rings (SSSR count). The molecule has 0 unspecified atom stereocenters. The molecule has 0 spiro atoms. The van der Waals surface area contributed by atoms with Crippen LogP contribution < -0.4 is 10.1 Å². The Bertz CT molecular complexity index is 686. The van der Waals surface area contributed by atoms with Gasteiger partial charge in [0.05, 0.1) is 11.9 Å². The molecule has 0 aromatic carbocycles. The largest absolute Gasteiger partial charge is 0.468 e. The van der Waals surface area contributed by atoms with Gasteiger partial charge in [0.1, 0.15) is 0 Å². The van der Waals surface area contributed by atoms with Gasteiger partial charge in [0, 0.05) is 25.3 Å². The number of alkyl halides is 3. The van der Waals surface area contributed by atoms with E-state index in [2.05, 4.69) is 25.2 Å². The molecule has 10 heteroatoms. The zero-order valence-corrected chi connectivity index (χ0v) is 13.5. The number of carbonyl (C=O) groups is 1. The maximum Gasteiger partial charge on any atom is 0.422 e. The van der Waals surface area contributed by atoms with Crippen LogP contribution in [0.1, 0.15) is 31.5 Å². The standard InChI is InChI=1S/C15H17F3N4O3/c1-2-3-11-21-14(25-22-11)7-5-12(23)20-10-4-6-13(19-8-10)24-9-15(16,17)18/h4,6,8H,2-3,5,7,9H2,1H3,(H,20,23). The van der Waals surface area contributed by atoms with Crippen molar-refractivity contribution < 1.29 is 27.2 Å². The third-order valence-electron chi connectivity index (χ3n) is 2.95. The van der Waals surface area contributed by atoms with Crippen LogP contribution in [0.2, 0.25) is 0 Å². The number of anilines is 1. The summed E-state index contributed by atoms with van der Waals surface area (Å²) in [6, 6.07) is 2.65. The molecule has 2 aromatic rings. The summed E-state index contributed by atoms with van der Waals surface area (Å²) in [5.41, 5.74) is 0.349. The Morgan fingerprint density at radius 1 is 1.32 bits per heavy atom. The van der Waals surface area contributed by atoms with Gasteiger partial charge in [-0.25, -0.2) is 4.98 Å². The number of nitrogens with zero attached hydrogens (tertiary/aromatic N) is 3. The second-order valence-electron chi connectivity index (χ2n) is 5.19. The summed E-state index contributed by atoms with van der Waals surface area (Å²) < 4.78 is 45.6. The molecule has 0 aliphatic carbocycles. The summed E-state index contributed by atoms with van der Waals surface area (Å²) in [5, 5.41) is 6.37. The molecule has 2 aromatic heterocycles. The summed E-state index contributed by atoms with van der Waals surface area (Å²) >= 11 is 0. The van der Waals surface area contributed by atoms with Gasteiger partial charge in [0.15, 0.2) is 12.4 Å². The Hall–Kier alpha value is -2.65. The highest BCUT2D eigenvalue weighted by atomic mass is 19.4. The number of carbonyl (C=O) groups excluding carboxylic acids is 1. The number of hydrogen-bond donors (Lipinski definition) is 1. The third kappa shape index (κ3) is 6.77. The monoisotopic (exact) mass is 358 g/mol. The van der Waals surface area contributed by atoms with Crippen LogP contribution in [0.25, 0.3) is 0 Å². The lowest BCUT2D eigenvalue weighted by molar-refractivity contribution is -0.154. The van der Waals surface area contributed by atoms with Crippen LogP contribution in [-0.4, -0.2) is 33.8 Å². The smallest absolute Gasteiger partial charge is 0.422 e. The second-order valence-corrected chi connectivity index (χ2v) is 5.19. The van der Waals surface area contributed by atoms with E-state index in [0.29, 0.717) is 30.2 Å². The average molecular weight is 358 g/mol. The van der Waals surface area contributed by atoms with Crippen molar-refractivity contribution in [3.63, 3.8) is 0 Å². The molecule has 2 heterocycles. The second kappa shape index (κ2) is 8.45. The lowest BCUT2D eigenvalue weighted by Crippen LogP contribution is -2.19. The minimum Gasteiger partial charge on any atom is -0.468 e. The zero-order valence-electron chi connectivity index (χ0n) is 13.5. The molecule has 0 atom stereocenters. The Morgan fingerprint density at radius 3 is 2.76 bits per heavy atom. The molecule has 0 saturated heterocycles. The number of aryl methyl sites for hydroxylation is 2. The molecule has 0 bridgehead atoms. The lowest BCUT2D eigenvalue weighted by atomic mass is 10.3. The number of amides is 1. The van der Waals surface area contributed by atoms with Gasteiger partial charge >= 0.3 is 6.18 Å². The molecule has 0 radical (unpaired) electrons. The molecule has 1 amide bonds. The van der Waals surface area contributed by atoms with Gasteiger partial charge in [0.2, 0.25) is 17.7 Å². The van der Waals surface area contributed by atoms with Crippen LogP contribution in [-0.2, 0) is 17.6 Å². The van der Waals surface area contributed by atoms with Crippen molar-refractivity contribution in [2.75, 3.05) is 11.9 Å². The highest BCUT2D eigenvalue weighted by Crippen LogP contribution is 2.18. The highest BCUT2D eigenvalue weighted by Gasteiger charge is 2.28. The number of rotatable bonds is 8. The molecule has 25 heavy (non-hydrogen) atoms. The van der Waals surface area contributed by atoms with Gasteiger partial charge in [-0.1, -0.05) is 12.1 Å². The van der Waals surface area contributed by atoms with E-state index in [4.69, 9.17) is 4.52 Å². The van der Waals surface area contributed by atoms with Crippen LogP contribution in [0, 0.1) is 0 Å². The van der Waals surface area contributed by atoms with Gasteiger partial charge < -0.3 is 14.6 Å². The summed E-state index contributed by atoms with van der Waals surface area (Å²) in [5.74, 6) is 0.509. The van der Waals surface area contributed by atoms with E-state index in [1.807, 2.05) is 6.92 Å². The van der Waals surface area contributed by atoms with Crippen LogP contribution in [0.5, 0.6) is 5.88 Å². The van der Waals surface area contributed by atoms with Gasteiger partial charge in [-0.15, -0.1) is 0 Å². The first-order valence-corrected chi connectivity index (χ1v) is 7.62. The van der Waals surface area contributed by atoms with Crippen molar-refractivity contribution in [2.45, 2.75) is 38.8 Å². The molecular weight excluding hydrogens is 341 g/mol. The van der Waals surface area contributed by atoms with Crippen molar-refractivity contribution in [3.8, 4) is 5.88 Å². The van der Waals surface area contributed by atoms with E-state index < -0.39 is 12.8 Å². The molecule has 1 N–H and O–H groups in total. The van der Waals surface area contributed by atoms with Gasteiger partial charge in [0.25, 0.3) is 0 Å². The van der Waals surface area contributed by atoms with Crippen molar-refractivity contribution >= 4 is 11.6 Å². The molecular formula is C15H17F3N4O3. The van der Waals surface area contributed by atoms with E-state index in [1.165, 1.54) is 18.3 Å².